The molecule has 1 aromatic rings. The predicted octanol–water partition coefficient (Wildman–Crippen LogP) is 2.11. The van der Waals surface area contributed by atoms with Crippen LogP contribution < -0.4 is 10.5 Å². The van der Waals surface area contributed by atoms with Gasteiger partial charge in [0.15, 0.2) is 0 Å². The Hall–Kier alpha value is -1.11. The van der Waals surface area contributed by atoms with Crippen molar-refractivity contribution in [1.29, 1.82) is 0 Å². The molecule has 0 aromatic heterocycles. The number of nitrogens with two attached hydrogens (primary N) is 1. The highest BCUT2D eigenvalue weighted by atomic mass is 32.2. The molecule has 5 nitrogen and oxygen atoms in total. The Morgan fingerprint density at radius 3 is 2.62 bits per heavy atom. The second-order valence-electron chi connectivity index (χ2n) is 5.39. The number of benzene rings is 1. The summed E-state index contributed by atoms with van der Waals surface area (Å²) < 4.78 is 32.7. The minimum Gasteiger partial charge on any atom is -0.495 e. The molecule has 0 aliphatic heterocycles. The Bertz CT molecular complexity index is 583. The van der Waals surface area contributed by atoms with Gasteiger partial charge in [-0.05, 0) is 37.0 Å². The fourth-order valence-electron chi connectivity index (χ4n) is 2.35. The Morgan fingerprint density at radius 1 is 1.38 bits per heavy atom. The highest BCUT2D eigenvalue weighted by Gasteiger charge is 2.38. The highest BCUT2D eigenvalue weighted by Crippen LogP contribution is 2.35. The van der Waals surface area contributed by atoms with E-state index >= 15 is 0 Å². The molecule has 0 radical (unpaired) electrons. The molecule has 0 unspecified atom stereocenters. The maximum absolute atomic E-state index is 12.9. The van der Waals surface area contributed by atoms with Crippen molar-refractivity contribution < 1.29 is 13.2 Å². The first-order valence-electron chi connectivity index (χ1n) is 7.43. The molecular weight excluding hydrogens is 288 g/mol. The summed E-state index contributed by atoms with van der Waals surface area (Å²) >= 11 is 0. The zero-order valence-electron chi connectivity index (χ0n) is 12.7. The summed E-state index contributed by atoms with van der Waals surface area (Å²) in [6.45, 7) is 3.00. The van der Waals surface area contributed by atoms with E-state index in [9.17, 15) is 8.42 Å². The number of unbranched alkanes of at least 4 members (excludes halogenated alkanes) is 1. The second kappa shape index (κ2) is 6.77. The van der Waals surface area contributed by atoms with Crippen LogP contribution in [0.5, 0.6) is 5.75 Å². The molecule has 1 saturated carbocycles. The number of sulfonamides is 1. The third-order valence-electron chi connectivity index (χ3n) is 3.74. The van der Waals surface area contributed by atoms with E-state index in [1.807, 2.05) is 0 Å². The minimum atomic E-state index is -3.51. The Labute approximate surface area is 127 Å². The van der Waals surface area contributed by atoms with Gasteiger partial charge < -0.3 is 10.5 Å². The molecule has 0 spiro atoms. The van der Waals surface area contributed by atoms with Crippen molar-refractivity contribution in [2.75, 3.05) is 13.7 Å². The van der Waals surface area contributed by atoms with Crippen molar-refractivity contribution in [3.05, 3.63) is 23.8 Å². The van der Waals surface area contributed by atoms with E-state index in [0.29, 0.717) is 18.8 Å². The van der Waals surface area contributed by atoms with Crippen molar-refractivity contribution in [2.24, 2.45) is 5.73 Å². The van der Waals surface area contributed by atoms with Crippen molar-refractivity contribution in [1.82, 2.24) is 4.31 Å². The smallest absolute Gasteiger partial charge is 0.247 e. The van der Waals surface area contributed by atoms with E-state index in [-0.39, 0.29) is 10.9 Å². The quantitative estimate of drug-likeness (QED) is 0.798. The summed E-state index contributed by atoms with van der Waals surface area (Å²) in [5.41, 5.74) is 6.46. The molecule has 1 aliphatic rings. The molecule has 1 fully saturated rings. The van der Waals surface area contributed by atoms with Crippen LogP contribution in [0.2, 0.25) is 0 Å². The van der Waals surface area contributed by atoms with Gasteiger partial charge in [0.05, 0.1) is 7.11 Å². The standard InChI is InChI=1S/C15H24N2O3S/c1-3-4-9-17(13-6-7-13)21(18,19)15-8-5-12(11-16)10-14(15)20-2/h5,8,10,13H,3-4,6-7,9,11,16H2,1-2H3. The van der Waals surface area contributed by atoms with Crippen molar-refractivity contribution in [3.63, 3.8) is 0 Å². The molecule has 0 atom stereocenters. The van der Waals surface area contributed by atoms with E-state index in [4.69, 9.17) is 10.5 Å². The normalized spacial score (nSPS) is 15.4. The summed E-state index contributed by atoms with van der Waals surface area (Å²) in [4.78, 5) is 0.241. The molecule has 118 valence electrons. The number of nitrogens with zero attached hydrogens (tertiary/aromatic N) is 1. The molecule has 2 rings (SSSR count). The lowest BCUT2D eigenvalue weighted by Gasteiger charge is -2.23. The maximum atomic E-state index is 12.9. The average Bonchev–Trinajstić information content (AvgIpc) is 3.31. The average molecular weight is 312 g/mol. The van der Waals surface area contributed by atoms with Gasteiger partial charge in [-0.2, -0.15) is 4.31 Å². The first kappa shape index (κ1) is 16.3. The first-order chi connectivity index (χ1) is 10.0. The highest BCUT2D eigenvalue weighted by molar-refractivity contribution is 7.89. The van der Waals surface area contributed by atoms with Crippen LogP contribution >= 0.6 is 0 Å². The van der Waals surface area contributed by atoms with Crippen molar-refractivity contribution >= 4 is 10.0 Å². The van der Waals surface area contributed by atoms with Crippen LogP contribution in [0.1, 0.15) is 38.2 Å². The molecule has 1 aliphatic carbocycles. The largest absolute Gasteiger partial charge is 0.495 e. The molecule has 2 N–H and O–H groups in total. The fourth-order valence-corrected chi connectivity index (χ4v) is 4.22. The monoisotopic (exact) mass is 312 g/mol. The Kier molecular flexibility index (Phi) is 5.24. The third kappa shape index (κ3) is 3.56. The van der Waals surface area contributed by atoms with Crippen LogP contribution in [0, 0.1) is 0 Å². The maximum Gasteiger partial charge on any atom is 0.247 e. The number of hydrogen-bond acceptors (Lipinski definition) is 4. The summed E-state index contributed by atoms with van der Waals surface area (Å²) in [5, 5.41) is 0. The SMILES string of the molecule is CCCCN(C1CC1)S(=O)(=O)c1ccc(CN)cc1OC. The lowest BCUT2D eigenvalue weighted by Crippen LogP contribution is -2.34. The topological polar surface area (TPSA) is 72.6 Å². The zero-order chi connectivity index (χ0) is 15.5. The fraction of sp³-hybridized carbons (Fsp3) is 0.600. The number of methoxy groups -OCH3 is 1. The predicted molar refractivity (Wildman–Crippen MR) is 82.7 cm³/mol. The van der Waals surface area contributed by atoms with Gasteiger partial charge in [-0.15, -0.1) is 0 Å². The number of ether oxygens (including phenoxy) is 1. The summed E-state index contributed by atoms with van der Waals surface area (Å²) in [6, 6.07) is 5.22. The van der Waals surface area contributed by atoms with Gasteiger partial charge >= 0.3 is 0 Å². The molecule has 6 heteroatoms. The lowest BCUT2D eigenvalue weighted by molar-refractivity contribution is 0.380. The van der Waals surface area contributed by atoms with E-state index in [0.717, 1.165) is 31.2 Å². The van der Waals surface area contributed by atoms with Gasteiger partial charge in [-0.25, -0.2) is 8.42 Å². The van der Waals surface area contributed by atoms with E-state index in [1.165, 1.54) is 7.11 Å². The third-order valence-corrected chi connectivity index (χ3v) is 5.73. The summed E-state index contributed by atoms with van der Waals surface area (Å²) in [6.07, 6.45) is 3.75. The van der Waals surface area contributed by atoms with E-state index < -0.39 is 10.0 Å². The van der Waals surface area contributed by atoms with Gasteiger partial charge in [0.2, 0.25) is 10.0 Å². The second-order valence-corrected chi connectivity index (χ2v) is 7.25. The van der Waals surface area contributed by atoms with E-state index in [1.54, 1.807) is 22.5 Å². The van der Waals surface area contributed by atoms with Gasteiger partial charge in [0.1, 0.15) is 10.6 Å². The van der Waals surface area contributed by atoms with Gasteiger partial charge in [-0.3, -0.25) is 0 Å². The van der Waals surface area contributed by atoms with Crippen LogP contribution in [0.15, 0.2) is 23.1 Å². The first-order valence-corrected chi connectivity index (χ1v) is 8.87. The van der Waals surface area contributed by atoms with Crippen molar-refractivity contribution in [3.8, 4) is 5.75 Å². The zero-order valence-corrected chi connectivity index (χ0v) is 13.5. The minimum absolute atomic E-state index is 0.153. The molecule has 0 amide bonds. The molecule has 0 saturated heterocycles. The van der Waals surface area contributed by atoms with E-state index in [2.05, 4.69) is 6.92 Å². The molecular formula is C15H24N2O3S. The van der Waals surface area contributed by atoms with Gasteiger partial charge in [0.25, 0.3) is 0 Å². The number of hydrogen-bond donors (Lipinski definition) is 1. The number of rotatable bonds is 8. The van der Waals surface area contributed by atoms with Crippen LogP contribution in [0.3, 0.4) is 0 Å². The molecule has 0 bridgehead atoms. The summed E-state index contributed by atoms with van der Waals surface area (Å²) in [7, 11) is -2.02. The Morgan fingerprint density at radius 2 is 2.10 bits per heavy atom. The van der Waals surface area contributed by atoms with Gasteiger partial charge in [0, 0.05) is 19.1 Å². The Balaban J connectivity index is 2.37. The summed E-state index contributed by atoms with van der Waals surface area (Å²) in [5.74, 6) is 0.375. The molecule has 1 aromatic carbocycles. The van der Waals surface area contributed by atoms with Crippen LogP contribution in [0.4, 0.5) is 0 Å². The lowest BCUT2D eigenvalue weighted by atomic mass is 10.2. The van der Waals surface area contributed by atoms with Crippen LogP contribution in [0.25, 0.3) is 0 Å². The van der Waals surface area contributed by atoms with Crippen LogP contribution in [-0.2, 0) is 16.6 Å². The van der Waals surface area contributed by atoms with Crippen molar-refractivity contribution in [2.45, 2.75) is 50.1 Å². The van der Waals surface area contributed by atoms with Gasteiger partial charge in [-0.1, -0.05) is 19.4 Å². The molecule has 21 heavy (non-hydrogen) atoms. The molecule has 0 heterocycles. The van der Waals surface area contributed by atoms with Crippen LogP contribution in [-0.4, -0.2) is 32.4 Å².